The highest BCUT2D eigenvalue weighted by Gasteiger charge is 2.16. The van der Waals surface area contributed by atoms with Crippen molar-refractivity contribution in [2.24, 2.45) is 0 Å². The number of rotatable bonds is 3. The molecule has 22 heavy (non-hydrogen) atoms. The molecule has 0 saturated heterocycles. The smallest absolute Gasteiger partial charge is 0.307 e. The first-order valence-electron chi connectivity index (χ1n) is 6.99. The molecule has 0 saturated carbocycles. The van der Waals surface area contributed by atoms with Crippen LogP contribution in [-0.2, 0) is 11.2 Å². The summed E-state index contributed by atoms with van der Waals surface area (Å²) in [6.45, 7) is 1.85. The Morgan fingerprint density at radius 1 is 1.05 bits per heavy atom. The maximum atomic E-state index is 12.7. The number of fused-ring (bicyclic) bond motifs is 1. The van der Waals surface area contributed by atoms with Crippen molar-refractivity contribution >= 4 is 22.8 Å². The van der Waals surface area contributed by atoms with Gasteiger partial charge in [0.15, 0.2) is 0 Å². The molecule has 1 aromatic heterocycles. The predicted octanol–water partition coefficient (Wildman–Crippen LogP) is 3.27. The minimum Gasteiger partial charge on any atom is -0.481 e. The molecular weight excluding hydrogens is 278 g/mol. The van der Waals surface area contributed by atoms with Crippen LogP contribution in [0.25, 0.3) is 10.9 Å². The molecule has 3 rings (SSSR count). The molecule has 0 spiro atoms. The van der Waals surface area contributed by atoms with Gasteiger partial charge in [0.1, 0.15) is 0 Å². The normalized spacial score (nSPS) is 10.8. The molecular formula is C18H15NO3. The number of aromatic nitrogens is 1. The van der Waals surface area contributed by atoms with E-state index in [2.05, 4.69) is 0 Å². The van der Waals surface area contributed by atoms with Crippen molar-refractivity contribution in [3.05, 3.63) is 71.4 Å². The molecule has 0 fully saturated rings. The Hall–Kier alpha value is -2.88. The topological polar surface area (TPSA) is 59.3 Å². The zero-order valence-electron chi connectivity index (χ0n) is 12.1. The van der Waals surface area contributed by atoms with E-state index in [1.54, 1.807) is 28.8 Å². The Morgan fingerprint density at radius 2 is 1.77 bits per heavy atom. The van der Waals surface area contributed by atoms with Crippen molar-refractivity contribution in [2.45, 2.75) is 13.3 Å². The van der Waals surface area contributed by atoms with Gasteiger partial charge in [0.25, 0.3) is 5.91 Å². The number of aryl methyl sites for hydroxylation is 1. The van der Waals surface area contributed by atoms with Gasteiger partial charge in [0, 0.05) is 16.6 Å². The average molecular weight is 293 g/mol. The minimum absolute atomic E-state index is 0.0552. The van der Waals surface area contributed by atoms with E-state index in [4.69, 9.17) is 5.11 Å². The van der Waals surface area contributed by atoms with Crippen LogP contribution in [-0.4, -0.2) is 21.6 Å². The van der Waals surface area contributed by atoms with E-state index in [0.29, 0.717) is 11.1 Å². The summed E-state index contributed by atoms with van der Waals surface area (Å²) < 4.78 is 1.63. The molecule has 4 nitrogen and oxygen atoms in total. The van der Waals surface area contributed by atoms with Crippen molar-refractivity contribution in [3.8, 4) is 0 Å². The Bertz CT molecular complexity index is 863. The molecule has 1 heterocycles. The molecule has 0 unspecified atom stereocenters. The first-order chi connectivity index (χ1) is 10.6. The number of aliphatic carboxylic acids is 1. The van der Waals surface area contributed by atoms with Gasteiger partial charge in [-0.2, -0.15) is 0 Å². The van der Waals surface area contributed by atoms with Crippen LogP contribution in [0, 0.1) is 6.92 Å². The molecule has 0 bridgehead atoms. The third-order valence-corrected chi connectivity index (χ3v) is 3.69. The molecule has 0 aliphatic heterocycles. The third-order valence-electron chi connectivity index (χ3n) is 3.69. The van der Waals surface area contributed by atoms with Crippen molar-refractivity contribution in [2.75, 3.05) is 0 Å². The van der Waals surface area contributed by atoms with E-state index >= 15 is 0 Å². The van der Waals surface area contributed by atoms with Crippen molar-refractivity contribution in [1.82, 2.24) is 4.57 Å². The molecule has 4 heteroatoms. The second-order valence-corrected chi connectivity index (χ2v) is 5.21. The monoisotopic (exact) mass is 293 g/mol. The summed E-state index contributed by atoms with van der Waals surface area (Å²) in [4.78, 5) is 23.7. The van der Waals surface area contributed by atoms with Crippen LogP contribution in [0.1, 0.15) is 21.6 Å². The Morgan fingerprint density at radius 3 is 2.45 bits per heavy atom. The first kappa shape index (κ1) is 14.1. The van der Waals surface area contributed by atoms with E-state index in [1.807, 2.05) is 37.3 Å². The Balaban J connectivity index is 2.17. The van der Waals surface area contributed by atoms with Crippen LogP contribution >= 0.6 is 0 Å². The van der Waals surface area contributed by atoms with E-state index < -0.39 is 5.97 Å². The molecule has 1 N–H and O–H groups in total. The first-order valence-corrected chi connectivity index (χ1v) is 6.99. The van der Waals surface area contributed by atoms with Crippen molar-refractivity contribution in [3.63, 3.8) is 0 Å². The van der Waals surface area contributed by atoms with Gasteiger partial charge in [-0.25, -0.2) is 0 Å². The summed E-state index contributed by atoms with van der Waals surface area (Å²) in [6.07, 6.45) is -0.0552. The number of benzene rings is 2. The van der Waals surface area contributed by atoms with E-state index in [-0.39, 0.29) is 12.3 Å². The minimum atomic E-state index is -0.882. The van der Waals surface area contributed by atoms with Gasteiger partial charge < -0.3 is 5.11 Å². The summed E-state index contributed by atoms with van der Waals surface area (Å²) in [6, 6.07) is 16.3. The molecule has 0 radical (unpaired) electrons. The number of carboxylic acid groups (broad SMARTS) is 1. The number of carbonyl (C=O) groups excluding carboxylic acids is 1. The fraction of sp³-hybridized carbons (Fsp3) is 0.111. The zero-order valence-corrected chi connectivity index (χ0v) is 12.1. The summed E-state index contributed by atoms with van der Waals surface area (Å²) in [5, 5.41) is 9.83. The lowest BCUT2D eigenvalue weighted by Gasteiger charge is -2.07. The Labute approximate surface area is 127 Å². The largest absolute Gasteiger partial charge is 0.481 e. The standard InChI is InChI=1S/C18H15NO3/c1-12-10-15-14(11-17(20)21)8-5-9-16(15)19(12)18(22)13-6-3-2-4-7-13/h2-10H,11H2,1H3,(H,20,21). The maximum Gasteiger partial charge on any atom is 0.307 e. The quantitative estimate of drug-likeness (QED) is 0.806. The summed E-state index contributed by atoms with van der Waals surface area (Å²) >= 11 is 0. The summed E-state index contributed by atoms with van der Waals surface area (Å²) in [5.41, 5.74) is 2.85. The van der Waals surface area contributed by atoms with Crippen molar-refractivity contribution < 1.29 is 14.7 Å². The Kier molecular flexibility index (Phi) is 3.51. The SMILES string of the molecule is Cc1cc2c(CC(=O)O)cccc2n1C(=O)c1ccccc1. The van der Waals surface area contributed by atoms with Gasteiger partial charge in [-0.15, -0.1) is 0 Å². The predicted molar refractivity (Wildman–Crippen MR) is 84.2 cm³/mol. The average Bonchev–Trinajstić information content (AvgIpc) is 2.84. The number of nitrogens with zero attached hydrogens (tertiary/aromatic N) is 1. The van der Waals surface area contributed by atoms with E-state index in [1.165, 1.54) is 0 Å². The highest BCUT2D eigenvalue weighted by molar-refractivity contribution is 6.03. The number of hydrogen-bond donors (Lipinski definition) is 1. The molecule has 3 aromatic rings. The van der Waals surface area contributed by atoms with Crippen LogP contribution in [0.3, 0.4) is 0 Å². The fourth-order valence-corrected chi connectivity index (χ4v) is 2.72. The van der Waals surface area contributed by atoms with Gasteiger partial charge in [-0.05, 0) is 36.8 Å². The van der Waals surface area contributed by atoms with Gasteiger partial charge in [0.05, 0.1) is 11.9 Å². The van der Waals surface area contributed by atoms with Crippen LogP contribution in [0.4, 0.5) is 0 Å². The van der Waals surface area contributed by atoms with Gasteiger partial charge >= 0.3 is 5.97 Å². The maximum absolute atomic E-state index is 12.7. The van der Waals surface area contributed by atoms with Crippen LogP contribution in [0.15, 0.2) is 54.6 Å². The molecule has 0 aliphatic rings. The van der Waals surface area contributed by atoms with Crippen LogP contribution < -0.4 is 0 Å². The lowest BCUT2D eigenvalue weighted by Crippen LogP contribution is -2.13. The molecule has 2 aromatic carbocycles. The van der Waals surface area contributed by atoms with Gasteiger partial charge in [-0.3, -0.25) is 14.2 Å². The lowest BCUT2D eigenvalue weighted by molar-refractivity contribution is -0.136. The number of carbonyl (C=O) groups is 2. The second kappa shape index (κ2) is 5.48. The van der Waals surface area contributed by atoms with Gasteiger partial charge in [0.2, 0.25) is 0 Å². The van der Waals surface area contributed by atoms with E-state index in [0.717, 1.165) is 16.6 Å². The van der Waals surface area contributed by atoms with Crippen molar-refractivity contribution in [1.29, 1.82) is 0 Å². The molecule has 0 atom stereocenters. The fourth-order valence-electron chi connectivity index (χ4n) is 2.72. The second-order valence-electron chi connectivity index (χ2n) is 5.21. The van der Waals surface area contributed by atoms with E-state index in [9.17, 15) is 9.59 Å². The highest BCUT2D eigenvalue weighted by atomic mass is 16.4. The number of carboxylic acids is 1. The molecule has 0 amide bonds. The van der Waals surface area contributed by atoms with Crippen LogP contribution in [0.5, 0.6) is 0 Å². The molecule has 110 valence electrons. The summed E-state index contributed by atoms with van der Waals surface area (Å²) in [5.74, 6) is -0.993. The number of hydrogen-bond acceptors (Lipinski definition) is 2. The summed E-state index contributed by atoms with van der Waals surface area (Å²) in [7, 11) is 0. The van der Waals surface area contributed by atoms with Gasteiger partial charge in [-0.1, -0.05) is 30.3 Å². The lowest BCUT2D eigenvalue weighted by atomic mass is 10.1. The van der Waals surface area contributed by atoms with Crippen LogP contribution in [0.2, 0.25) is 0 Å². The molecule has 0 aliphatic carbocycles. The highest BCUT2D eigenvalue weighted by Crippen LogP contribution is 2.25. The zero-order chi connectivity index (χ0) is 15.7. The third kappa shape index (κ3) is 2.39.